The number of halogens is 1. The Morgan fingerprint density at radius 3 is 2.81 bits per heavy atom. The number of ether oxygens (including phenoxy) is 1. The molecule has 0 spiro atoms. The van der Waals surface area contributed by atoms with Gasteiger partial charge in [-0.2, -0.15) is 5.10 Å². The molecule has 3 aromatic rings. The number of carbonyl (C=O) groups is 2. The molecule has 4 rings (SSSR count). The quantitative estimate of drug-likeness (QED) is 0.324. The summed E-state index contributed by atoms with van der Waals surface area (Å²) in [5.41, 5.74) is 4.51. The molecule has 0 saturated carbocycles. The molecule has 1 aliphatic carbocycles. The van der Waals surface area contributed by atoms with E-state index in [0.717, 1.165) is 39.5 Å². The molecule has 0 atom stereocenters. The van der Waals surface area contributed by atoms with E-state index in [4.69, 9.17) is 9.84 Å². The molecule has 0 fully saturated rings. The van der Waals surface area contributed by atoms with Crippen LogP contribution in [0.3, 0.4) is 0 Å². The lowest BCUT2D eigenvalue weighted by Crippen LogP contribution is -2.27. The fourth-order valence-electron chi connectivity index (χ4n) is 4.24. The molecule has 0 aliphatic heterocycles. The van der Waals surface area contributed by atoms with Crippen LogP contribution in [0.5, 0.6) is 0 Å². The van der Waals surface area contributed by atoms with Crippen molar-refractivity contribution in [1.29, 1.82) is 0 Å². The third-order valence-electron chi connectivity index (χ3n) is 5.79. The highest BCUT2D eigenvalue weighted by atomic mass is 32.1. The topological polar surface area (TPSA) is 110 Å². The number of amides is 2. The van der Waals surface area contributed by atoms with E-state index in [1.807, 2.05) is 13.0 Å². The smallest absolute Gasteiger partial charge is 0.251 e. The summed E-state index contributed by atoms with van der Waals surface area (Å²) in [6.45, 7) is 4.15. The second kappa shape index (κ2) is 11.6. The van der Waals surface area contributed by atoms with Gasteiger partial charge in [-0.1, -0.05) is 24.3 Å². The number of methoxy groups -OCH3 is 1. The molecule has 1 aliphatic rings. The fourth-order valence-corrected chi connectivity index (χ4v) is 5.35. The summed E-state index contributed by atoms with van der Waals surface area (Å²) >= 11 is 1.34. The summed E-state index contributed by atoms with van der Waals surface area (Å²) in [5, 5.41) is 10.8. The lowest BCUT2D eigenvalue weighted by molar-refractivity contribution is -0.114. The summed E-state index contributed by atoms with van der Waals surface area (Å²) in [6.07, 6.45) is 5.90. The number of anilines is 1. The van der Waals surface area contributed by atoms with E-state index < -0.39 is 5.82 Å². The maximum absolute atomic E-state index is 15.5. The van der Waals surface area contributed by atoms with Crippen molar-refractivity contribution in [2.24, 2.45) is 4.99 Å². The van der Waals surface area contributed by atoms with Crippen LogP contribution in [0.1, 0.15) is 47.6 Å². The van der Waals surface area contributed by atoms with Crippen LogP contribution in [0.4, 0.5) is 9.52 Å². The monoisotopic (exact) mass is 524 g/mol. The van der Waals surface area contributed by atoms with Gasteiger partial charge in [0, 0.05) is 50.5 Å². The summed E-state index contributed by atoms with van der Waals surface area (Å²) in [7, 11) is 3.24. The number of nitrogens with one attached hydrogen (secondary N) is 2. The molecule has 37 heavy (non-hydrogen) atoms. The van der Waals surface area contributed by atoms with E-state index in [2.05, 4.69) is 20.6 Å². The number of hydrogen-bond donors (Lipinski definition) is 2. The molecule has 0 bridgehead atoms. The first-order chi connectivity index (χ1) is 17.9. The highest BCUT2D eigenvalue weighted by Gasteiger charge is 2.31. The van der Waals surface area contributed by atoms with Crippen LogP contribution in [0, 0.1) is 5.82 Å². The van der Waals surface area contributed by atoms with E-state index in [0.29, 0.717) is 31.1 Å². The number of hydrogen-bond acceptors (Lipinski definition) is 7. The van der Waals surface area contributed by atoms with Crippen molar-refractivity contribution in [2.45, 2.75) is 33.1 Å². The van der Waals surface area contributed by atoms with Gasteiger partial charge in [-0.05, 0) is 37.5 Å². The first kappa shape index (κ1) is 26.4. The number of aliphatic imine (C=N–C) groups is 1. The van der Waals surface area contributed by atoms with Gasteiger partial charge in [-0.15, -0.1) is 0 Å². The lowest BCUT2D eigenvalue weighted by atomic mass is 9.95. The Kier molecular flexibility index (Phi) is 8.24. The first-order valence-electron chi connectivity index (χ1n) is 12.0. The minimum absolute atomic E-state index is 0.203. The Balaban J connectivity index is 1.85. The molecule has 0 saturated heterocycles. The SMILES string of the molecule is CC/C=C(\C=NC)c1nn(-c2ccc(C(=O)NCCOC)cc2F)c2c1CCc1nc(NC(C)=O)sc1-2. The standard InChI is InChI=1S/C26H29FN6O3S/c1-5-6-17(14-28-3)22-18-8-9-20-24(37-26(31-20)30-15(2)34)23(18)33(32-22)21-10-7-16(13-19(21)27)25(35)29-11-12-36-4/h6-7,10,13-14H,5,8-9,11-12H2,1-4H3,(H,29,35)(H,30,31,34)/b17-6+,28-14?. The molecule has 9 nitrogen and oxygen atoms in total. The Morgan fingerprint density at radius 2 is 2.14 bits per heavy atom. The van der Waals surface area contributed by atoms with Crippen molar-refractivity contribution in [2.75, 3.05) is 32.6 Å². The highest BCUT2D eigenvalue weighted by Crippen LogP contribution is 2.43. The van der Waals surface area contributed by atoms with Crippen LogP contribution < -0.4 is 10.6 Å². The predicted octanol–water partition coefficient (Wildman–Crippen LogP) is 4.06. The number of benzene rings is 1. The second-order valence-corrected chi connectivity index (χ2v) is 9.43. The zero-order valence-corrected chi connectivity index (χ0v) is 22.0. The van der Waals surface area contributed by atoms with Gasteiger partial charge < -0.3 is 15.4 Å². The van der Waals surface area contributed by atoms with Gasteiger partial charge in [0.05, 0.1) is 28.6 Å². The molecule has 2 N–H and O–H groups in total. The number of aryl methyl sites for hydroxylation is 1. The van der Waals surface area contributed by atoms with Crippen LogP contribution in [0.25, 0.3) is 21.8 Å². The van der Waals surface area contributed by atoms with Gasteiger partial charge in [0.25, 0.3) is 5.91 Å². The normalized spacial score (nSPS) is 12.9. The van der Waals surface area contributed by atoms with E-state index in [1.165, 1.54) is 24.3 Å². The zero-order chi connectivity index (χ0) is 26.5. The van der Waals surface area contributed by atoms with Crippen molar-refractivity contribution in [1.82, 2.24) is 20.1 Å². The molecule has 2 heterocycles. The molecular weight excluding hydrogens is 495 g/mol. The van der Waals surface area contributed by atoms with Gasteiger partial charge in [0.15, 0.2) is 5.13 Å². The second-order valence-electron chi connectivity index (χ2n) is 8.43. The van der Waals surface area contributed by atoms with Crippen LogP contribution in [0.2, 0.25) is 0 Å². The van der Waals surface area contributed by atoms with Crippen molar-refractivity contribution in [3.05, 3.63) is 52.6 Å². The molecule has 194 valence electrons. The molecule has 0 radical (unpaired) electrons. The van der Waals surface area contributed by atoms with Crippen molar-refractivity contribution in [3.63, 3.8) is 0 Å². The molecule has 1 aromatic carbocycles. The van der Waals surface area contributed by atoms with Gasteiger partial charge >= 0.3 is 0 Å². The predicted molar refractivity (Wildman–Crippen MR) is 143 cm³/mol. The summed E-state index contributed by atoms with van der Waals surface area (Å²) in [4.78, 5) is 33.7. The van der Waals surface area contributed by atoms with Gasteiger partial charge in [0.2, 0.25) is 5.91 Å². The number of aromatic nitrogens is 3. The number of thiazole rings is 1. The average Bonchev–Trinajstić information content (AvgIpc) is 3.44. The number of rotatable bonds is 9. The van der Waals surface area contributed by atoms with Crippen molar-refractivity contribution in [3.8, 4) is 16.3 Å². The maximum atomic E-state index is 15.5. The molecular formula is C26H29FN6O3S. The minimum atomic E-state index is -0.583. The minimum Gasteiger partial charge on any atom is -0.383 e. The van der Waals surface area contributed by atoms with E-state index >= 15 is 4.39 Å². The number of allylic oxidation sites excluding steroid dienone is 2. The van der Waals surface area contributed by atoms with Crippen molar-refractivity contribution >= 4 is 40.1 Å². The third kappa shape index (κ3) is 5.52. The van der Waals surface area contributed by atoms with Crippen LogP contribution in [0.15, 0.2) is 29.3 Å². The molecule has 11 heteroatoms. The first-order valence-corrected chi connectivity index (χ1v) is 12.8. The number of carbonyl (C=O) groups excluding carboxylic acids is 2. The van der Waals surface area contributed by atoms with Gasteiger partial charge in [0.1, 0.15) is 11.5 Å². The summed E-state index contributed by atoms with van der Waals surface area (Å²) in [6, 6.07) is 4.34. The average molecular weight is 525 g/mol. The Morgan fingerprint density at radius 1 is 1.32 bits per heavy atom. The third-order valence-corrected chi connectivity index (χ3v) is 6.81. The Bertz CT molecular complexity index is 1390. The van der Waals surface area contributed by atoms with Crippen LogP contribution >= 0.6 is 11.3 Å². The van der Waals surface area contributed by atoms with Crippen LogP contribution in [-0.4, -0.2) is 60.1 Å². The highest BCUT2D eigenvalue weighted by molar-refractivity contribution is 7.19. The van der Waals surface area contributed by atoms with E-state index in [1.54, 1.807) is 37.2 Å². The Hall–Kier alpha value is -3.70. The fraction of sp³-hybridized carbons (Fsp3) is 0.346. The number of nitrogens with zero attached hydrogens (tertiary/aromatic N) is 4. The van der Waals surface area contributed by atoms with Crippen LogP contribution in [-0.2, 0) is 22.4 Å². The molecule has 0 unspecified atom stereocenters. The van der Waals surface area contributed by atoms with E-state index in [-0.39, 0.29) is 23.1 Å². The largest absolute Gasteiger partial charge is 0.383 e. The lowest BCUT2D eigenvalue weighted by Gasteiger charge is -2.15. The number of fused-ring (bicyclic) bond motifs is 3. The maximum Gasteiger partial charge on any atom is 0.251 e. The summed E-state index contributed by atoms with van der Waals surface area (Å²) < 4.78 is 22.1. The molecule has 2 amide bonds. The van der Waals surface area contributed by atoms with Gasteiger partial charge in [-0.25, -0.2) is 14.1 Å². The summed E-state index contributed by atoms with van der Waals surface area (Å²) in [5.74, 6) is -1.18. The Labute approximate surface area is 218 Å². The molecule has 2 aromatic heterocycles. The zero-order valence-electron chi connectivity index (χ0n) is 21.2. The van der Waals surface area contributed by atoms with E-state index in [9.17, 15) is 9.59 Å². The van der Waals surface area contributed by atoms with Crippen molar-refractivity contribution < 1.29 is 18.7 Å². The van der Waals surface area contributed by atoms with Gasteiger partial charge in [-0.3, -0.25) is 14.6 Å².